The molecule has 0 fully saturated rings. The van der Waals surface area contributed by atoms with E-state index in [4.69, 9.17) is 4.74 Å². The number of carbonyl (C=O) groups is 1. The Morgan fingerprint density at radius 2 is 1.81 bits per heavy atom. The second-order valence-corrected chi connectivity index (χ2v) is 7.89. The van der Waals surface area contributed by atoms with Crippen LogP contribution < -0.4 is 20.0 Å². The van der Waals surface area contributed by atoms with Crippen molar-refractivity contribution >= 4 is 22.7 Å². The van der Waals surface area contributed by atoms with Crippen LogP contribution >= 0.6 is 0 Å². The molecule has 0 aromatic heterocycles. The van der Waals surface area contributed by atoms with Crippen molar-refractivity contribution in [3.63, 3.8) is 0 Å². The SMILES string of the molecule is Cc1ccccc1Oc1ccc([NH+]=O)cc1S(=O)NC(=O)NC(C)(C)C. The van der Waals surface area contributed by atoms with Crippen molar-refractivity contribution in [1.82, 2.24) is 10.0 Å². The summed E-state index contributed by atoms with van der Waals surface area (Å²) in [6, 6.07) is 11.2. The maximum atomic E-state index is 12.6. The molecule has 0 saturated carbocycles. The van der Waals surface area contributed by atoms with Gasteiger partial charge in [0.05, 0.1) is 0 Å². The Kier molecular flexibility index (Phi) is 6.10. The summed E-state index contributed by atoms with van der Waals surface area (Å²) >= 11 is 0. The summed E-state index contributed by atoms with van der Waals surface area (Å²) in [4.78, 5) is 23.1. The molecular weight excluding hydrogens is 354 g/mol. The third-order valence-corrected chi connectivity index (χ3v) is 4.34. The number of urea groups is 1. The summed E-state index contributed by atoms with van der Waals surface area (Å²) in [5.74, 6) is 0.875. The maximum absolute atomic E-state index is 12.6. The fourth-order valence-corrected chi connectivity index (χ4v) is 2.95. The Morgan fingerprint density at radius 1 is 1.12 bits per heavy atom. The van der Waals surface area contributed by atoms with E-state index in [2.05, 4.69) is 10.0 Å². The van der Waals surface area contributed by atoms with Gasteiger partial charge >= 0.3 is 6.03 Å². The number of nitroso groups, excluding NO2 is 1. The lowest BCUT2D eigenvalue weighted by Crippen LogP contribution is -2.55. The first-order chi connectivity index (χ1) is 12.2. The van der Waals surface area contributed by atoms with E-state index in [0.29, 0.717) is 5.75 Å². The van der Waals surface area contributed by atoms with Crippen molar-refractivity contribution < 1.29 is 18.9 Å². The molecule has 2 rings (SSSR count). The number of aryl methyl sites for hydroxylation is 1. The van der Waals surface area contributed by atoms with Crippen LogP contribution in [0.1, 0.15) is 26.3 Å². The number of rotatable bonds is 5. The van der Waals surface area contributed by atoms with Crippen LogP contribution in [0, 0.1) is 11.8 Å². The monoisotopic (exact) mass is 376 g/mol. The van der Waals surface area contributed by atoms with Gasteiger partial charge in [0.2, 0.25) is 0 Å². The van der Waals surface area contributed by atoms with E-state index in [9.17, 15) is 13.9 Å². The molecule has 1 unspecified atom stereocenters. The molecule has 1 atom stereocenters. The molecule has 0 saturated heterocycles. The molecule has 0 aliphatic rings. The minimum Gasteiger partial charge on any atom is -0.456 e. The molecule has 7 nitrogen and oxygen atoms in total. The number of ether oxygens (including phenoxy) is 1. The molecule has 0 bridgehead atoms. The van der Waals surface area contributed by atoms with Crippen LogP contribution in [0.3, 0.4) is 0 Å². The van der Waals surface area contributed by atoms with Crippen molar-refractivity contribution in [3.8, 4) is 11.5 Å². The van der Waals surface area contributed by atoms with Crippen molar-refractivity contribution in [3.05, 3.63) is 52.9 Å². The minimum absolute atomic E-state index is 0.179. The Balaban J connectivity index is 2.30. The lowest BCUT2D eigenvalue weighted by molar-refractivity contribution is -0.379. The third kappa shape index (κ3) is 5.38. The number of hydrogen-bond donors (Lipinski definition) is 3. The lowest BCUT2D eigenvalue weighted by atomic mass is 10.1. The van der Waals surface area contributed by atoms with Gasteiger partial charge in [0.15, 0.2) is 11.0 Å². The zero-order valence-electron chi connectivity index (χ0n) is 15.1. The van der Waals surface area contributed by atoms with E-state index in [-0.39, 0.29) is 16.3 Å². The molecule has 0 heterocycles. The summed E-state index contributed by atoms with van der Waals surface area (Å²) < 4.78 is 20.8. The molecule has 138 valence electrons. The molecule has 0 spiro atoms. The number of para-hydroxylation sites is 1. The van der Waals surface area contributed by atoms with Gasteiger partial charge in [-0.05, 0) is 45.4 Å². The van der Waals surface area contributed by atoms with Crippen LogP contribution in [-0.2, 0) is 11.0 Å². The van der Waals surface area contributed by atoms with Crippen LogP contribution in [0.4, 0.5) is 10.5 Å². The number of nitrogens with one attached hydrogen (secondary N) is 3. The van der Waals surface area contributed by atoms with Gasteiger partial charge in [0.1, 0.15) is 16.4 Å². The second kappa shape index (κ2) is 8.09. The van der Waals surface area contributed by atoms with Crippen LogP contribution in [-0.4, -0.2) is 15.8 Å². The molecule has 0 aliphatic heterocycles. The first kappa shape index (κ1) is 19.6. The predicted molar refractivity (Wildman–Crippen MR) is 99.5 cm³/mol. The average molecular weight is 376 g/mol. The molecule has 2 amide bonds. The molecule has 0 aliphatic carbocycles. The fourth-order valence-electron chi connectivity index (χ4n) is 2.10. The van der Waals surface area contributed by atoms with Crippen LogP contribution in [0.5, 0.6) is 11.5 Å². The van der Waals surface area contributed by atoms with Gasteiger partial charge < -0.3 is 10.1 Å². The third-order valence-electron chi connectivity index (χ3n) is 3.25. The number of amides is 2. The van der Waals surface area contributed by atoms with E-state index in [1.807, 2.05) is 45.9 Å². The Bertz CT molecular complexity index is 847. The highest BCUT2D eigenvalue weighted by molar-refractivity contribution is 7.83. The lowest BCUT2D eigenvalue weighted by Gasteiger charge is -2.20. The van der Waals surface area contributed by atoms with Crippen LogP contribution in [0.25, 0.3) is 0 Å². The van der Waals surface area contributed by atoms with Gasteiger partial charge in [0, 0.05) is 27.8 Å². The highest BCUT2D eigenvalue weighted by atomic mass is 32.2. The number of hydrogen-bond acceptors (Lipinski definition) is 4. The maximum Gasteiger partial charge on any atom is 0.327 e. The van der Waals surface area contributed by atoms with Crippen molar-refractivity contribution in [2.24, 2.45) is 0 Å². The highest BCUT2D eigenvalue weighted by Gasteiger charge is 2.20. The fraction of sp³-hybridized carbons (Fsp3) is 0.278. The number of benzene rings is 2. The summed E-state index contributed by atoms with van der Waals surface area (Å²) in [6.45, 7) is 7.31. The Hall–Kier alpha value is -2.74. The van der Waals surface area contributed by atoms with E-state index in [1.165, 1.54) is 18.2 Å². The summed E-state index contributed by atoms with van der Waals surface area (Å²) in [6.07, 6.45) is 0. The van der Waals surface area contributed by atoms with Crippen LogP contribution in [0.15, 0.2) is 47.4 Å². The highest BCUT2D eigenvalue weighted by Crippen LogP contribution is 2.30. The zero-order valence-corrected chi connectivity index (χ0v) is 15.9. The van der Waals surface area contributed by atoms with Gasteiger partial charge in [0.25, 0.3) is 5.69 Å². The first-order valence-corrected chi connectivity index (χ1v) is 9.11. The van der Waals surface area contributed by atoms with Gasteiger partial charge in [-0.2, -0.15) is 0 Å². The molecule has 2 aromatic carbocycles. The normalized spacial score (nSPS) is 12.2. The van der Waals surface area contributed by atoms with Gasteiger partial charge in [-0.1, -0.05) is 18.2 Å². The first-order valence-electron chi connectivity index (χ1n) is 7.96. The minimum atomic E-state index is -1.92. The molecule has 0 radical (unpaired) electrons. The molecule has 8 heteroatoms. The smallest absolute Gasteiger partial charge is 0.327 e. The molecule has 2 aromatic rings. The number of carbonyl (C=O) groups excluding carboxylic acids is 1. The van der Waals surface area contributed by atoms with Gasteiger partial charge in [-0.25, -0.2) is 9.00 Å². The molecule has 3 N–H and O–H groups in total. The van der Waals surface area contributed by atoms with E-state index in [0.717, 1.165) is 5.56 Å². The average Bonchev–Trinajstić information content (AvgIpc) is 2.55. The molecule has 26 heavy (non-hydrogen) atoms. The second-order valence-electron chi connectivity index (χ2n) is 6.71. The quantitative estimate of drug-likeness (QED) is 0.746. The van der Waals surface area contributed by atoms with E-state index >= 15 is 0 Å². The van der Waals surface area contributed by atoms with Gasteiger partial charge in [-0.3, -0.25) is 4.72 Å². The summed E-state index contributed by atoms with van der Waals surface area (Å²) in [7, 11) is -1.92. The van der Waals surface area contributed by atoms with Crippen molar-refractivity contribution in [1.29, 1.82) is 0 Å². The summed E-state index contributed by atoms with van der Waals surface area (Å²) in [5, 5.41) is 4.41. The Labute approximate surface area is 154 Å². The predicted octanol–water partition coefficient (Wildman–Crippen LogP) is 2.39. The standard InChI is InChI=1S/C18H21N3O4S/c1-12-7-5-6-8-14(12)25-15-10-9-13(20-23)11-16(15)26(24)21-17(22)19-18(2,3)4/h5-11H,1-4H3,(H2,19,21,22)/p+1. The zero-order chi connectivity index (χ0) is 19.3. The van der Waals surface area contributed by atoms with Crippen LogP contribution in [0.2, 0.25) is 0 Å². The van der Waals surface area contributed by atoms with Crippen molar-refractivity contribution in [2.45, 2.75) is 38.1 Å². The largest absolute Gasteiger partial charge is 0.456 e. The van der Waals surface area contributed by atoms with E-state index in [1.54, 1.807) is 11.2 Å². The topological polar surface area (TPSA) is 98.5 Å². The summed E-state index contributed by atoms with van der Waals surface area (Å²) in [5.41, 5.74) is 0.630. The molecular formula is C18H22N3O4S+. The van der Waals surface area contributed by atoms with Gasteiger partial charge in [-0.15, -0.1) is 0 Å². The van der Waals surface area contributed by atoms with E-state index < -0.39 is 22.6 Å². The van der Waals surface area contributed by atoms with Crippen molar-refractivity contribution in [2.75, 3.05) is 0 Å². The Morgan fingerprint density at radius 3 is 2.42 bits per heavy atom.